The van der Waals surface area contributed by atoms with E-state index in [1.165, 1.54) is 6.07 Å². The van der Waals surface area contributed by atoms with E-state index in [2.05, 4.69) is 10.0 Å². The van der Waals surface area contributed by atoms with Crippen LogP contribution in [-0.4, -0.2) is 27.4 Å². The molecule has 0 unspecified atom stereocenters. The molecule has 0 saturated carbocycles. The molecule has 0 aromatic heterocycles. The number of rotatable bonds is 8. The van der Waals surface area contributed by atoms with Crippen LogP contribution in [0.25, 0.3) is 0 Å². The highest BCUT2D eigenvalue weighted by Crippen LogP contribution is 2.21. The minimum Gasteiger partial charge on any atom is -0.356 e. The lowest BCUT2D eigenvalue weighted by molar-refractivity contribution is -0.120. The summed E-state index contributed by atoms with van der Waals surface area (Å²) in [6, 6.07) is 10.0. The molecule has 2 N–H and O–H groups in total. The van der Waals surface area contributed by atoms with Crippen molar-refractivity contribution in [1.82, 2.24) is 10.0 Å². The fourth-order valence-corrected chi connectivity index (χ4v) is 4.57. The molecule has 2 rings (SSSR count). The van der Waals surface area contributed by atoms with Gasteiger partial charge in [-0.2, -0.15) is 0 Å². The summed E-state index contributed by atoms with van der Waals surface area (Å²) in [7, 11) is -3.68. The van der Waals surface area contributed by atoms with Crippen LogP contribution in [0.2, 0.25) is 0 Å². The molecule has 7 heteroatoms. The van der Waals surface area contributed by atoms with Crippen LogP contribution in [0.5, 0.6) is 0 Å². The van der Waals surface area contributed by atoms with Crippen LogP contribution in [0.4, 0.5) is 4.39 Å². The molecule has 0 atom stereocenters. The number of carbonyl (C=O) groups excluding carboxylic acids is 1. The van der Waals surface area contributed by atoms with Crippen molar-refractivity contribution in [2.24, 2.45) is 0 Å². The van der Waals surface area contributed by atoms with Gasteiger partial charge in [-0.05, 0) is 49.9 Å². The minimum atomic E-state index is -3.68. The molecule has 0 heterocycles. The van der Waals surface area contributed by atoms with Gasteiger partial charge in [0, 0.05) is 19.5 Å². The van der Waals surface area contributed by atoms with Gasteiger partial charge < -0.3 is 5.32 Å². The first kappa shape index (κ1) is 21.1. The minimum absolute atomic E-state index is 0.000616. The number of hydrogen-bond donors (Lipinski definition) is 2. The molecule has 5 nitrogen and oxygen atoms in total. The maximum Gasteiger partial charge on any atom is 0.241 e. The quantitative estimate of drug-likeness (QED) is 0.725. The summed E-state index contributed by atoms with van der Waals surface area (Å²) in [5, 5.41) is 2.67. The van der Waals surface area contributed by atoms with Crippen molar-refractivity contribution < 1.29 is 17.6 Å². The maximum absolute atomic E-state index is 13.5. The van der Waals surface area contributed by atoms with Crippen LogP contribution < -0.4 is 10.0 Å². The molecule has 146 valence electrons. The SMILES string of the molecule is Cc1cc(C)c(S(=O)(=O)NCCC(=O)NCCc2ccccc2F)c(C)c1. The predicted molar refractivity (Wildman–Crippen MR) is 104 cm³/mol. The van der Waals surface area contributed by atoms with Crippen molar-refractivity contribution in [1.29, 1.82) is 0 Å². The standard InChI is InChI=1S/C20H25FN2O3S/c1-14-12-15(2)20(16(3)13-14)27(25,26)23-11-9-19(24)22-10-8-17-6-4-5-7-18(17)21/h4-7,12-13,23H,8-11H2,1-3H3,(H,22,24). The number of benzene rings is 2. The van der Waals surface area contributed by atoms with Gasteiger partial charge in [0.15, 0.2) is 0 Å². The van der Waals surface area contributed by atoms with E-state index in [-0.39, 0.29) is 29.6 Å². The van der Waals surface area contributed by atoms with Gasteiger partial charge in [-0.25, -0.2) is 17.5 Å². The van der Waals surface area contributed by atoms with Gasteiger partial charge >= 0.3 is 0 Å². The Kier molecular flexibility index (Phi) is 7.10. The third kappa shape index (κ3) is 5.87. The monoisotopic (exact) mass is 392 g/mol. The summed E-state index contributed by atoms with van der Waals surface area (Å²) in [5.41, 5.74) is 2.88. The summed E-state index contributed by atoms with van der Waals surface area (Å²) in [6.45, 7) is 5.72. The highest BCUT2D eigenvalue weighted by atomic mass is 32.2. The van der Waals surface area contributed by atoms with E-state index in [1.807, 2.05) is 19.1 Å². The van der Waals surface area contributed by atoms with Crippen LogP contribution in [-0.2, 0) is 21.2 Å². The molecule has 0 fully saturated rings. The van der Waals surface area contributed by atoms with Gasteiger partial charge in [0.1, 0.15) is 5.82 Å². The van der Waals surface area contributed by atoms with Crippen LogP contribution in [0, 0.1) is 26.6 Å². The van der Waals surface area contributed by atoms with E-state index in [0.29, 0.717) is 29.7 Å². The van der Waals surface area contributed by atoms with Gasteiger partial charge in [0.25, 0.3) is 0 Å². The molecule has 2 aromatic carbocycles. The second-order valence-electron chi connectivity index (χ2n) is 6.57. The summed E-state index contributed by atoms with van der Waals surface area (Å²) in [6.07, 6.45) is 0.395. The lowest BCUT2D eigenvalue weighted by atomic mass is 10.1. The molecule has 0 aliphatic carbocycles. The van der Waals surface area contributed by atoms with Crippen molar-refractivity contribution in [3.8, 4) is 0 Å². The lowest BCUT2D eigenvalue weighted by Gasteiger charge is -2.13. The van der Waals surface area contributed by atoms with Crippen molar-refractivity contribution in [3.63, 3.8) is 0 Å². The third-order valence-corrected chi connectivity index (χ3v) is 5.96. The van der Waals surface area contributed by atoms with E-state index in [0.717, 1.165) is 5.56 Å². The van der Waals surface area contributed by atoms with Crippen molar-refractivity contribution in [2.45, 2.75) is 38.5 Å². The zero-order valence-corrected chi connectivity index (χ0v) is 16.6. The first-order valence-electron chi connectivity index (χ1n) is 8.78. The number of carbonyl (C=O) groups is 1. The molecule has 27 heavy (non-hydrogen) atoms. The number of aryl methyl sites for hydroxylation is 3. The summed E-state index contributed by atoms with van der Waals surface area (Å²) < 4.78 is 41.0. The molecular weight excluding hydrogens is 367 g/mol. The number of sulfonamides is 1. The lowest BCUT2D eigenvalue weighted by Crippen LogP contribution is -2.32. The number of hydrogen-bond acceptors (Lipinski definition) is 3. The fourth-order valence-electron chi connectivity index (χ4n) is 3.09. The highest BCUT2D eigenvalue weighted by Gasteiger charge is 2.19. The molecule has 0 aliphatic rings. The summed E-state index contributed by atoms with van der Waals surface area (Å²) in [5.74, 6) is -0.588. The first-order chi connectivity index (χ1) is 12.7. The van der Waals surface area contributed by atoms with E-state index < -0.39 is 10.0 Å². The Morgan fingerprint density at radius 1 is 1.04 bits per heavy atom. The van der Waals surface area contributed by atoms with Crippen LogP contribution >= 0.6 is 0 Å². The zero-order valence-electron chi connectivity index (χ0n) is 15.8. The van der Waals surface area contributed by atoms with Gasteiger partial charge in [-0.3, -0.25) is 4.79 Å². The second-order valence-corrected chi connectivity index (χ2v) is 8.27. The van der Waals surface area contributed by atoms with Gasteiger partial charge in [-0.15, -0.1) is 0 Å². The molecular formula is C20H25FN2O3S. The van der Waals surface area contributed by atoms with E-state index in [4.69, 9.17) is 0 Å². The van der Waals surface area contributed by atoms with E-state index in [9.17, 15) is 17.6 Å². The Hall–Kier alpha value is -2.25. The Morgan fingerprint density at radius 3 is 2.30 bits per heavy atom. The Bertz CT molecular complexity index is 904. The summed E-state index contributed by atoms with van der Waals surface area (Å²) >= 11 is 0. The van der Waals surface area contributed by atoms with Crippen molar-refractivity contribution in [2.75, 3.05) is 13.1 Å². The Morgan fingerprint density at radius 2 is 1.67 bits per heavy atom. The third-order valence-electron chi connectivity index (χ3n) is 4.19. The Balaban J connectivity index is 1.83. The van der Waals surface area contributed by atoms with Gasteiger partial charge in [-0.1, -0.05) is 35.9 Å². The van der Waals surface area contributed by atoms with Gasteiger partial charge in [0.05, 0.1) is 4.90 Å². The van der Waals surface area contributed by atoms with E-state index in [1.54, 1.807) is 32.0 Å². The zero-order chi connectivity index (χ0) is 20.0. The number of halogens is 1. The average molecular weight is 392 g/mol. The van der Waals surface area contributed by atoms with Crippen LogP contribution in [0.3, 0.4) is 0 Å². The Labute approximate surface area is 160 Å². The molecule has 0 bridgehead atoms. The summed E-state index contributed by atoms with van der Waals surface area (Å²) in [4.78, 5) is 12.1. The molecule has 0 spiro atoms. The first-order valence-corrected chi connectivity index (χ1v) is 10.3. The number of nitrogens with one attached hydrogen (secondary N) is 2. The van der Waals surface area contributed by atoms with Gasteiger partial charge in [0.2, 0.25) is 15.9 Å². The molecule has 0 radical (unpaired) electrons. The maximum atomic E-state index is 13.5. The molecule has 0 aliphatic heterocycles. The molecule has 0 saturated heterocycles. The van der Waals surface area contributed by atoms with Crippen LogP contribution in [0.15, 0.2) is 41.3 Å². The normalized spacial score (nSPS) is 11.4. The van der Waals surface area contributed by atoms with Crippen molar-refractivity contribution in [3.05, 3.63) is 64.5 Å². The smallest absolute Gasteiger partial charge is 0.241 e. The molecule has 1 amide bonds. The predicted octanol–water partition coefficient (Wildman–Crippen LogP) is 2.78. The largest absolute Gasteiger partial charge is 0.356 e. The molecule has 2 aromatic rings. The number of amides is 1. The second kappa shape index (κ2) is 9.10. The van der Waals surface area contributed by atoms with E-state index >= 15 is 0 Å². The highest BCUT2D eigenvalue weighted by molar-refractivity contribution is 7.89. The fraction of sp³-hybridized carbons (Fsp3) is 0.350. The topological polar surface area (TPSA) is 75.3 Å². The van der Waals surface area contributed by atoms with Crippen molar-refractivity contribution >= 4 is 15.9 Å². The average Bonchev–Trinajstić information content (AvgIpc) is 2.55. The van der Waals surface area contributed by atoms with Crippen LogP contribution in [0.1, 0.15) is 28.7 Å².